The largest absolute Gasteiger partial charge is 0.511 e. The summed E-state index contributed by atoms with van der Waals surface area (Å²) >= 11 is 0. The Hall–Kier alpha value is -3.45. The number of carbonyl (C=O) groups is 3. The van der Waals surface area contributed by atoms with Gasteiger partial charge in [-0.15, -0.1) is 0 Å². The fourth-order valence-electron chi connectivity index (χ4n) is 2.63. The number of fused-ring (bicyclic) bond motifs is 1. The fraction of sp³-hybridized carbons (Fsp3) is 0.579. The maximum absolute atomic E-state index is 13.1. The van der Waals surface area contributed by atoms with Crippen LogP contribution >= 0.6 is 0 Å². The first kappa shape index (κ1) is 25.8. The summed E-state index contributed by atoms with van der Waals surface area (Å²) in [6.07, 6.45) is -5.00. The summed E-state index contributed by atoms with van der Waals surface area (Å²) in [7, 11) is 0. The molecular weight excluding hydrogens is 455 g/mol. The van der Waals surface area contributed by atoms with Gasteiger partial charge in [-0.05, 0) is 27.7 Å². The number of esters is 1. The van der Waals surface area contributed by atoms with Gasteiger partial charge in [-0.1, -0.05) is 0 Å². The fourth-order valence-corrected chi connectivity index (χ4v) is 2.63. The Balaban J connectivity index is 1.97. The minimum atomic E-state index is -4.69. The SMILES string of the molecule is C[C@@H](N1CNn2ccc(=O)c(OCOC(=O)OCCC(=O)OC(C)(C)C)c2C1=O)C(F)(F)F. The zero-order valence-electron chi connectivity index (χ0n) is 18.4. The highest BCUT2D eigenvalue weighted by molar-refractivity contribution is 5.96. The van der Waals surface area contributed by atoms with Crippen LogP contribution in [0.15, 0.2) is 17.1 Å². The van der Waals surface area contributed by atoms with Crippen molar-refractivity contribution in [1.82, 2.24) is 9.58 Å². The van der Waals surface area contributed by atoms with E-state index in [2.05, 4.69) is 14.9 Å². The molecule has 0 aromatic carbocycles. The molecule has 14 heteroatoms. The van der Waals surface area contributed by atoms with Crippen molar-refractivity contribution in [3.05, 3.63) is 28.2 Å². The molecule has 2 rings (SSSR count). The first-order chi connectivity index (χ1) is 15.2. The molecule has 0 aliphatic carbocycles. The average molecular weight is 479 g/mol. The van der Waals surface area contributed by atoms with Crippen LogP contribution in [0.5, 0.6) is 5.75 Å². The molecule has 0 radical (unpaired) electrons. The zero-order valence-corrected chi connectivity index (χ0v) is 18.4. The van der Waals surface area contributed by atoms with Gasteiger partial charge in [0.05, 0.1) is 6.42 Å². The second-order valence-electron chi connectivity index (χ2n) is 7.88. The number of halogens is 3. The number of aromatic nitrogens is 1. The normalized spacial score (nSPS) is 14.6. The smallest absolute Gasteiger partial charge is 0.460 e. The van der Waals surface area contributed by atoms with Crippen molar-refractivity contribution in [1.29, 1.82) is 0 Å². The lowest BCUT2D eigenvalue weighted by atomic mass is 10.2. The number of hydrogen-bond acceptors (Lipinski definition) is 9. The molecule has 0 unspecified atom stereocenters. The third-order valence-corrected chi connectivity index (χ3v) is 4.20. The lowest BCUT2D eigenvalue weighted by Crippen LogP contribution is -2.54. The van der Waals surface area contributed by atoms with Gasteiger partial charge >= 0.3 is 18.3 Å². The van der Waals surface area contributed by atoms with Gasteiger partial charge in [0.25, 0.3) is 5.91 Å². The molecule has 0 saturated heterocycles. The summed E-state index contributed by atoms with van der Waals surface area (Å²) in [6, 6.07) is -1.12. The van der Waals surface area contributed by atoms with Crippen molar-refractivity contribution in [2.24, 2.45) is 0 Å². The van der Waals surface area contributed by atoms with Crippen molar-refractivity contribution in [2.45, 2.75) is 51.9 Å². The molecule has 0 spiro atoms. The van der Waals surface area contributed by atoms with Crippen LogP contribution in [-0.4, -0.2) is 65.5 Å². The second-order valence-corrected chi connectivity index (χ2v) is 7.88. The minimum Gasteiger partial charge on any atom is -0.460 e. The van der Waals surface area contributed by atoms with Crippen LogP contribution < -0.4 is 15.6 Å². The number of carbonyl (C=O) groups excluding carboxylic acids is 3. The average Bonchev–Trinajstić information content (AvgIpc) is 2.67. The number of ether oxygens (including phenoxy) is 4. The van der Waals surface area contributed by atoms with Crippen LogP contribution in [0.1, 0.15) is 44.6 Å². The van der Waals surface area contributed by atoms with E-state index in [0.717, 1.165) is 23.9 Å². The standard InChI is InChI=1S/C19H24F3N3O8/c1-11(19(20,21)22)24-9-23-25-7-5-12(26)15(14(25)16(24)28)31-10-32-17(29)30-8-6-13(27)33-18(2,3)4/h5,7,11,23H,6,8-10H2,1-4H3/t11-/m1/s1. The maximum atomic E-state index is 13.1. The number of alkyl halides is 3. The predicted molar refractivity (Wildman–Crippen MR) is 105 cm³/mol. The summed E-state index contributed by atoms with van der Waals surface area (Å²) in [5.74, 6) is -2.32. The zero-order chi connectivity index (χ0) is 25.0. The topological polar surface area (TPSA) is 125 Å². The highest BCUT2D eigenvalue weighted by Crippen LogP contribution is 2.28. The van der Waals surface area contributed by atoms with Crippen LogP contribution in [0.2, 0.25) is 0 Å². The Kier molecular flexibility index (Phi) is 7.82. The molecule has 33 heavy (non-hydrogen) atoms. The molecule has 1 aromatic heterocycles. The Bertz CT molecular complexity index is 955. The first-order valence-corrected chi connectivity index (χ1v) is 9.72. The van der Waals surface area contributed by atoms with Crippen LogP contribution in [0.25, 0.3) is 0 Å². The molecule has 0 saturated carbocycles. The van der Waals surface area contributed by atoms with Gasteiger partial charge in [0.15, 0.2) is 5.69 Å². The summed E-state index contributed by atoms with van der Waals surface area (Å²) in [6.45, 7) is 4.13. The van der Waals surface area contributed by atoms with Crippen LogP contribution in [0.3, 0.4) is 0 Å². The van der Waals surface area contributed by atoms with Crippen molar-refractivity contribution in [3.63, 3.8) is 0 Å². The summed E-state index contributed by atoms with van der Waals surface area (Å²) < 4.78 is 59.6. The van der Waals surface area contributed by atoms with E-state index in [1.165, 1.54) is 0 Å². The molecule has 1 N–H and O–H groups in total. The first-order valence-electron chi connectivity index (χ1n) is 9.72. The lowest BCUT2D eigenvalue weighted by Gasteiger charge is -2.36. The van der Waals surface area contributed by atoms with Gasteiger partial charge in [-0.2, -0.15) is 13.2 Å². The Morgan fingerprint density at radius 3 is 2.45 bits per heavy atom. The number of rotatable bonds is 7. The van der Waals surface area contributed by atoms with Gasteiger partial charge in [-0.3, -0.25) is 19.1 Å². The number of pyridine rings is 1. The van der Waals surface area contributed by atoms with Gasteiger partial charge in [0, 0.05) is 12.3 Å². The van der Waals surface area contributed by atoms with Crippen LogP contribution in [0.4, 0.5) is 18.0 Å². The van der Waals surface area contributed by atoms with Gasteiger partial charge in [-0.25, -0.2) is 4.79 Å². The molecule has 0 bridgehead atoms. The van der Waals surface area contributed by atoms with E-state index in [1.54, 1.807) is 20.8 Å². The summed E-state index contributed by atoms with van der Waals surface area (Å²) in [5.41, 5.74) is 0.530. The molecule has 184 valence electrons. The van der Waals surface area contributed by atoms with Crippen LogP contribution in [0, 0.1) is 0 Å². The molecule has 11 nitrogen and oxygen atoms in total. The molecule has 1 atom stereocenters. The molecule has 2 heterocycles. The molecule has 1 amide bonds. The van der Waals surface area contributed by atoms with Crippen molar-refractivity contribution in [2.75, 3.05) is 25.5 Å². The van der Waals surface area contributed by atoms with E-state index in [0.29, 0.717) is 4.90 Å². The Labute approximate surface area is 186 Å². The van der Waals surface area contributed by atoms with E-state index in [9.17, 15) is 32.3 Å². The summed E-state index contributed by atoms with van der Waals surface area (Å²) in [5, 5.41) is 0. The number of hydrogen-bond donors (Lipinski definition) is 1. The third kappa shape index (κ3) is 7.02. The molecule has 1 aliphatic rings. The van der Waals surface area contributed by atoms with Crippen molar-refractivity contribution in [3.8, 4) is 5.75 Å². The quantitative estimate of drug-likeness (QED) is 0.462. The van der Waals surface area contributed by atoms with E-state index in [4.69, 9.17) is 9.47 Å². The Morgan fingerprint density at radius 1 is 1.18 bits per heavy atom. The van der Waals surface area contributed by atoms with E-state index in [1.807, 2.05) is 0 Å². The van der Waals surface area contributed by atoms with Crippen molar-refractivity contribution < 1.29 is 46.5 Å². The summed E-state index contributed by atoms with van der Waals surface area (Å²) in [4.78, 5) is 48.5. The molecular formula is C19H24F3N3O8. The van der Waals surface area contributed by atoms with Crippen molar-refractivity contribution >= 4 is 18.0 Å². The third-order valence-electron chi connectivity index (χ3n) is 4.20. The number of nitrogens with one attached hydrogen (secondary N) is 1. The second kappa shape index (κ2) is 10.0. The van der Waals surface area contributed by atoms with E-state index < -0.39 is 66.2 Å². The number of amides is 1. The highest BCUT2D eigenvalue weighted by Gasteiger charge is 2.44. The Morgan fingerprint density at radius 2 is 1.85 bits per heavy atom. The highest BCUT2D eigenvalue weighted by atomic mass is 19.4. The molecule has 1 aromatic rings. The maximum Gasteiger partial charge on any atom is 0.511 e. The van der Waals surface area contributed by atoms with Gasteiger partial charge in [0.2, 0.25) is 18.0 Å². The van der Waals surface area contributed by atoms with Gasteiger partial charge < -0.3 is 29.3 Å². The predicted octanol–water partition coefficient (Wildman–Crippen LogP) is 1.98. The molecule has 1 aliphatic heterocycles. The van der Waals surface area contributed by atoms with E-state index in [-0.39, 0.29) is 13.0 Å². The minimum absolute atomic E-state index is 0.228. The monoisotopic (exact) mass is 479 g/mol. The number of nitrogens with zero attached hydrogens (tertiary/aromatic N) is 2. The van der Waals surface area contributed by atoms with E-state index >= 15 is 0 Å². The van der Waals surface area contributed by atoms with Gasteiger partial charge in [0.1, 0.15) is 24.9 Å². The molecule has 0 fully saturated rings. The van der Waals surface area contributed by atoms with Crippen LogP contribution in [-0.2, 0) is 19.0 Å². The lowest BCUT2D eigenvalue weighted by molar-refractivity contribution is -0.172.